The number of nitrogens with one attached hydrogen (secondary N) is 1. The van der Waals surface area contributed by atoms with Crippen LogP contribution in [0.5, 0.6) is 0 Å². The molecule has 0 bridgehead atoms. The van der Waals surface area contributed by atoms with Gasteiger partial charge in [-0.3, -0.25) is 0 Å². The highest BCUT2D eigenvalue weighted by atomic mass is 16.5. The molecule has 2 aliphatic rings. The highest BCUT2D eigenvalue weighted by Crippen LogP contribution is 2.24. The zero-order valence-corrected chi connectivity index (χ0v) is 12.6. The van der Waals surface area contributed by atoms with Crippen molar-refractivity contribution in [3.05, 3.63) is 24.3 Å². The Bertz CT molecular complexity index is 429. The second-order valence-corrected chi connectivity index (χ2v) is 6.10. The summed E-state index contributed by atoms with van der Waals surface area (Å²) in [6.45, 7) is 3.56. The van der Waals surface area contributed by atoms with E-state index in [0.29, 0.717) is 0 Å². The van der Waals surface area contributed by atoms with E-state index >= 15 is 0 Å². The lowest BCUT2D eigenvalue weighted by atomic mass is 10.1. The van der Waals surface area contributed by atoms with Crippen molar-refractivity contribution in [3.8, 4) is 0 Å². The molecule has 2 unspecified atom stereocenters. The molecule has 4 nitrogen and oxygen atoms in total. The number of benzene rings is 1. The molecule has 1 saturated heterocycles. The molecule has 2 fully saturated rings. The van der Waals surface area contributed by atoms with Crippen LogP contribution in [0.25, 0.3) is 0 Å². The second kappa shape index (κ2) is 7.14. The first-order chi connectivity index (χ1) is 10.3. The molecule has 21 heavy (non-hydrogen) atoms. The van der Waals surface area contributed by atoms with Gasteiger partial charge in [-0.25, -0.2) is 0 Å². The molecule has 2 N–H and O–H groups in total. The van der Waals surface area contributed by atoms with Crippen LogP contribution in [0, 0.1) is 0 Å². The lowest BCUT2D eigenvalue weighted by molar-refractivity contribution is 0.122. The Morgan fingerprint density at radius 3 is 2.48 bits per heavy atom. The minimum absolute atomic E-state index is 0.196. The van der Waals surface area contributed by atoms with Crippen LogP contribution < -0.4 is 10.2 Å². The number of nitrogens with zero attached hydrogens (tertiary/aromatic N) is 1. The smallest absolute Gasteiger partial charge is 0.0741 e. The first-order valence-electron chi connectivity index (χ1n) is 8.20. The third kappa shape index (κ3) is 3.89. The van der Waals surface area contributed by atoms with Crippen LogP contribution in [0.15, 0.2) is 24.3 Å². The number of aliphatic hydroxyl groups excluding tert-OH is 1. The molecule has 0 amide bonds. The molecule has 1 heterocycles. The van der Waals surface area contributed by atoms with Crippen LogP contribution >= 0.6 is 0 Å². The predicted molar refractivity (Wildman–Crippen MR) is 86.0 cm³/mol. The molecule has 1 aromatic rings. The quantitative estimate of drug-likeness (QED) is 0.840. The van der Waals surface area contributed by atoms with Crippen molar-refractivity contribution in [3.63, 3.8) is 0 Å². The summed E-state index contributed by atoms with van der Waals surface area (Å²) in [6.07, 6.45) is 5.36. The highest BCUT2D eigenvalue weighted by molar-refractivity contribution is 5.55. The van der Waals surface area contributed by atoms with Crippen LogP contribution in [0.4, 0.5) is 11.4 Å². The van der Waals surface area contributed by atoms with Gasteiger partial charge < -0.3 is 20.1 Å². The molecule has 1 aromatic carbocycles. The fraction of sp³-hybridized carbons (Fsp3) is 0.647. The Balaban J connectivity index is 1.60. The average molecular weight is 290 g/mol. The molecule has 3 rings (SSSR count). The van der Waals surface area contributed by atoms with Gasteiger partial charge in [-0.05, 0) is 37.1 Å². The fourth-order valence-corrected chi connectivity index (χ4v) is 3.26. The number of morpholine rings is 1. The number of aliphatic hydroxyl groups is 1. The predicted octanol–water partition coefficient (Wildman–Crippen LogP) is 2.63. The van der Waals surface area contributed by atoms with Crippen LogP contribution in [-0.2, 0) is 4.74 Å². The molecule has 0 aromatic heterocycles. The molecular weight excluding hydrogens is 264 g/mol. The molecule has 0 radical (unpaired) electrons. The molecule has 116 valence electrons. The number of hydrogen-bond acceptors (Lipinski definition) is 4. The van der Waals surface area contributed by atoms with Gasteiger partial charge in [0, 0.05) is 24.5 Å². The maximum Gasteiger partial charge on any atom is 0.0741 e. The number of ether oxygens (including phenoxy) is 1. The Morgan fingerprint density at radius 2 is 1.71 bits per heavy atom. The van der Waals surface area contributed by atoms with E-state index in [0.717, 1.165) is 51.3 Å². The SMILES string of the molecule is OC1CCCCCC1Nc1ccc(N2CCOCC2)cc1. The molecule has 0 spiro atoms. The zero-order valence-electron chi connectivity index (χ0n) is 12.6. The van der Waals surface area contributed by atoms with E-state index in [1.54, 1.807) is 0 Å². The van der Waals surface area contributed by atoms with Gasteiger partial charge in [-0.1, -0.05) is 19.3 Å². The van der Waals surface area contributed by atoms with E-state index in [4.69, 9.17) is 4.74 Å². The molecule has 1 saturated carbocycles. The van der Waals surface area contributed by atoms with Crippen molar-refractivity contribution in [2.75, 3.05) is 36.5 Å². The summed E-state index contributed by atoms with van der Waals surface area (Å²) < 4.78 is 5.39. The van der Waals surface area contributed by atoms with Gasteiger partial charge in [0.15, 0.2) is 0 Å². The Morgan fingerprint density at radius 1 is 1.00 bits per heavy atom. The van der Waals surface area contributed by atoms with Crippen molar-refractivity contribution in [2.45, 2.75) is 44.2 Å². The Kier molecular flexibility index (Phi) is 4.99. The first-order valence-corrected chi connectivity index (χ1v) is 8.20. The Hall–Kier alpha value is -1.26. The van der Waals surface area contributed by atoms with Crippen molar-refractivity contribution in [1.82, 2.24) is 0 Å². The van der Waals surface area contributed by atoms with Crippen molar-refractivity contribution in [1.29, 1.82) is 0 Å². The van der Waals surface area contributed by atoms with Gasteiger partial charge in [-0.2, -0.15) is 0 Å². The van der Waals surface area contributed by atoms with Gasteiger partial charge in [0.25, 0.3) is 0 Å². The van der Waals surface area contributed by atoms with Crippen molar-refractivity contribution < 1.29 is 9.84 Å². The number of hydrogen-bond donors (Lipinski definition) is 2. The monoisotopic (exact) mass is 290 g/mol. The average Bonchev–Trinajstić information content (AvgIpc) is 2.74. The standard InChI is InChI=1S/C17H26N2O2/c20-17-5-3-1-2-4-16(17)18-14-6-8-15(9-7-14)19-10-12-21-13-11-19/h6-9,16-18,20H,1-5,10-13H2. The van der Waals surface area contributed by atoms with Gasteiger partial charge in [0.05, 0.1) is 25.4 Å². The van der Waals surface area contributed by atoms with E-state index < -0.39 is 0 Å². The second-order valence-electron chi connectivity index (χ2n) is 6.10. The molecule has 4 heteroatoms. The maximum absolute atomic E-state index is 10.2. The third-order valence-corrected chi connectivity index (χ3v) is 4.58. The third-order valence-electron chi connectivity index (χ3n) is 4.58. The molecular formula is C17H26N2O2. The summed E-state index contributed by atoms with van der Waals surface area (Å²) in [5.74, 6) is 0. The highest BCUT2D eigenvalue weighted by Gasteiger charge is 2.21. The van der Waals surface area contributed by atoms with Crippen molar-refractivity contribution >= 4 is 11.4 Å². The van der Waals surface area contributed by atoms with Gasteiger partial charge in [0.1, 0.15) is 0 Å². The maximum atomic E-state index is 10.2. The summed E-state index contributed by atoms with van der Waals surface area (Å²) in [5, 5.41) is 13.7. The van der Waals surface area contributed by atoms with E-state index in [2.05, 4.69) is 34.5 Å². The van der Waals surface area contributed by atoms with E-state index in [9.17, 15) is 5.11 Å². The summed E-state index contributed by atoms with van der Waals surface area (Å²) in [6, 6.07) is 8.78. The first kappa shape index (κ1) is 14.7. The van der Waals surface area contributed by atoms with Crippen LogP contribution in [-0.4, -0.2) is 43.6 Å². The van der Waals surface area contributed by atoms with Gasteiger partial charge >= 0.3 is 0 Å². The summed E-state index contributed by atoms with van der Waals surface area (Å²) in [7, 11) is 0. The van der Waals surface area contributed by atoms with Gasteiger partial charge in [0.2, 0.25) is 0 Å². The zero-order chi connectivity index (χ0) is 14.5. The number of rotatable bonds is 3. The van der Waals surface area contributed by atoms with E-state index in [-0.39, 0.29) is 12.1 Å². The molecule has 1 aliphatic carbocycles. The Labute approximate surface area is 127 Å². The van der Waals surface area contributed by atoms with Crippen LogP contribution in [0.3, 0.4) is 0 Å². The minimum Gasteiger partial charge on any atom is -0.391 e. The van der Waals surface area contributed by atoms with E-state index in [1.807, 2.05) is 0 Å². The lowest BCUT2D eigenvalue weighted by Crippen LogP contribution is -2.36. The normalized spacial score (nSPS) is 27.2. The minimum atomic E-state index is -0.216. The largest absolute Gasteiger partial charge is 0.391 e. The number of anilines is 2. The summed E-state index contributed by atoms with van der Waals surface area (Å²) >= 11 is 0. The topological polar surface area (TPSA) is 44.7 Å². The van der Waals surface area contributed by atoms with Gasteiger partial charge in [-0.15, -0.1) is 0 Å². The molecule has 1 aliphatic heterocycles. The summed E-state index contributed by atoms with van der Waals surface area (Å²) in [5.41, 5.74) is 2.36. The van der Waals surface area contributed by atoms with Crippen molar-refractivity contribution in [2.24, 2.45) is 0 Å². The van der Waals surface area contributed by atoms with Crippen LogP contribution in [0.1, 0.15) is 32.1 Å². The fourth-order valence-electron chi connectivity index (χ4n) is 3.26. The molecule has 2 atom stereocenters. The van der Waals surface area contributed by atoms with E-state index in [1.165, 1.54) is 18.5 Å². The lowest BCUT2D eigenvalue weighted by Gasteiger charge is -2.29. The van der Waals surface area contributed by atoms with Crippen LogP contribution in [0.2, 0.25) is 0 Å². The summed E-state index contributed by atoms with van der Waals surface area (Å²) in [4.78, 5) is 2.35.